The van der Waals surface area contributed by atoms with Gasteiger partial charge in [-0.15, -0.1) is 0 Å². The summed E-state index contributed by atoms with van der Waals surface area (Å²) >= 11 is 0. The van der Waals surface area contributed by atoms with Gasteiger partial charge in [-0.2, -0.15) is 5.10 Å². The maximum Gasteiger partial charge on any atom is 0.277 e. The van der Waals surface area contributed by atoms with Gasteiger partial charge < -0.3 is 14.9 Å². The Morgan fingerprint density at radius 3 is 2.58 bits per heavy atom. The summed E-state index contributed by atoms with van der Waals surface area (Å²) in [6, 6.07) is 8.40. The predicted octanol–water partition coefficient (Wildman–Crippen LogP) is 2.55. The average Bonchev–Trinajstić information content (AvgIpc) is 2.49. The van der Waals surface area contributed by atoms with E-state index in [-0.39, 0.29) is 18.1 Å². The number of nitrogens with one attached hydrogen (secondary N) is 1. The fourth-order valence-corrected chi connectivity index (χ4v) is 2.23. The van der Waals surface area contributed by atoms with Crippen molar-refractivity contribution >= 4 is 12.1 Å². The van der Waals surface area contributed by atoms with Crippen LogP contribution in [-0.4, -0.2) is 28.9 Å². The summed E-state index contributed by atoms with van der Waals surface area (Å²) < 4.78 is 5.45. The van der Waals surface area contributed by atoms with Gasteiger partial charge in [-0.05, 0) is 44.0 Å². The summed E-state index contributed by atoms with van der Waals surface area (Å²) in [6.07, 6.45) is 1.32. The minimum Gasteiger partial charge on any atom is -0.508 e. The van der Waals surface area contributed by atoms with Crippen molar-refractivity contribution in [3.8, 4) is 17.2 Å². The molecule has 24 heavy (non-hydrogen) atoms. The molecule has 0 radical (unpaired) electrons. The third-order valence-electron chi connectivity index (χ3n) is 3.42. The summed E-state index contributed by atoms with van der Waals surface area (Å²) in [7, 11) is 0. The molecular formula is C18H20N2O4. The third kappa shape index (κ3) is 4.49. The molecule has 0 heterocycles. The number of phenols is 2. The smallest absolute Gasteiger partial charge is 0.277 e. The largest absolute Gasteiger partial charge is 0.508 e. The molecule has 0 aliphatic heterocycles. The van der Waals surface area contributed by atoms with Crippen LogP contribution in [0.2, 0.25) is 0 Å². The zero-order valence-corrected chi connectivity index (χ0v) is 13.8. The minimum atomic E-state index is -0.415. The van der Waals surface area contributed by atoms with Crippen LogP contribution in [0.15, 0.2) is 35.4 Å². The van der Waals surface area contributed by atoms with Gasteiger partial charge in [0.25, 0.3) is 5.91 Å². The van der Waals surface area contributed by atoms with E-state index in [4.69, 9.17) is 4.74 Å². The SMILES string of the molecule is Cc1ccc(OCC(=O)N/N=C/c2c(C)cc(O)cc2O)c(C)c1. The van der Waals surface area contributed by atoms with E-state index < -0.39 is 5.91 Å². The van der Waals surface area contributed by atoms with Gasteiger partial charge in [-0.3, -0.25) is 4.79 Å². The summed E-state index contributed by atoms with van der Waals surface area (Å²) in [4.78, 5) is 11.8. The molecule has 3 N–H and O–H groups in total. The number of rotatable bonds is 5. The molecule has 6 heteroatoms. The number of carbonyl (C=O) groups is 1. The maximum absolute atomic E-state index is 11.8. The Kier molecular flexibility index (Phi) is 5.42. The van der Waals surface area contributed by atoms with E-state index in [9.17, 15) is 15.0 Å². The monoisotopic (exact) mass is 328 g/mol. The normalized spacial score (nSPS) is 10.8. The van der Waals surface area contributed by atoms with Crippen LogP contribution in [0.5, 0.6) is 17.2 Å². The number of benzene rings is 2. The van der Waals surface area contributed by atoms with E-state index in [1.54, 1.807) is 6.92 Å². The van der Waals surface area contributed by atoms with Crippen molar-refractivity contribution in [1.29, 1.82) is 0 Å². The highest BCUT2D eigenvalue weighted by Crippen LogP contribution is 2.25. The molecule has 0 bridgehead atoms. The van der Waals surface area contributed by atoms with E-state index in [1.807, 2.05) is 32.0 Å². The number of aryl methyl sites for hydroxylation is 3. The molecule has 0 aliphatic carbocycles. The highest BCUT2D eigenvalue weighted by atomic mass is 16.5. The Balaban J connectivity index is 1.91. The molecule has 1 amide bonds. The molecule has 126 valence electrons. The summed E-state index contributed by atoms with van der Waals surface area (Å²) in [5.74, 6) is 0.0824. The number of nitrogens with zero attached hydrogens (tertiary/aromatic N) is 1. The van der Waals surface area contributed by atoms with Gasteiger partial charge in [0.15, 0.2) is 6.61 Å². The lowest BCUT2D eigenvalue weighted by molar-refractivity contribution is -0.123. The van der Waals surface area contributed by atoms with Crippen molar-refractivity contribution in [3.05, 3.63) is 52.6 Å². The molecule has 6 nitrogen and oxygen atoms in total. The fraction of sp³-hybridized carbons (Fsp3) is 0.222. The van der Waals surface area contributed by atoms with E-state index in [1.165, 1.54) is 18.3 Å². The second-order valence-corrected chi connectivity index (χ2v) is 5.55. The summed E-state index contributed by atoms with van der Waals surface area (Å²) in [5.41, 5.74) is 5.47. The molecule has 0 aromatic heterocycles. The van der Waals surface area contributed by atoms with Gasteiger partial charge in [-0.1, -0.05) is 17.7 Å². The van der Waals surface area contributed by atoms with Crippen molar-refractivity contribution in [1.82, 2.24) is 5.43 Å². The molecule has 0 fully saturated rings. The van der Waals surface area contributed by atoms with E-state index >= 15 is 0 Å². The van der Waals surface area contributed by atoms with Crippen molar-refractivity contribution in [2.24, 2.45) is 5.10 Å². The zero-order chi connectivity index (χ0) is 17.7. The van der Waals surface area contributed by atoms with Crippen molar-refractivity contribution in [2.45, 2.75) is 20.8 Å². The van der Waals surface area contributed by atoms with Crippen LogP contribution in [0, 0.1) is 20.8 Å². The lowest BCUT2D eigenvalue weighted by Crippen LogP contribution is -2.24. The minimum absolute atomic E-state index is 0.0342. The molecule has 0 saturated carbocycles. The molecule has 0 spiro atoms. The van der Waals surface area contributed by atoms with E-state index in [0.29, 0.717) is 16.9 Å². The molecular weight excluding hydrogens is 308 g/mol. The number of amides is 1. The van der Waals surface area contributed by atoms with Gasteiger partial charge in [0.2, 0.25) is 0 Å². The number of aromatic hydroxyl groups is 2. The Bertz CT molecular complexity index is 762. The van der Waals surface area contributed by atoms with Gasteiger partial charge >= 0.3 is 0 Å². The number of hydrogen-bond acceptors (Lipinski definition) is 5. The van der Waals surface area contributed by atoms with E-state index in [0.717, 1.165) is 11.1 Å². The number of carbonyl (C=O) groups excluding carboxylic acids is 1. The summed E-state index contributed by atoms with van der Waals surface area (Å²) in [6.45, 7) is 5.45. The predicted molar refractivity (Wildman–Crippen MR) is 91.7 cm³/mol. The van der Waals surface area contributed by atoms with Gasteiger partial charge in [-0.25, -0.2) is 5.43 Å². The highest BCUT2D eigenvalue weighted by Gasteiger charge is 2.06. The van der Waals surface area contributed by atoms with Crippen LogP contribution in [0.4, 0.5) is 0 Å². The zero-order valence-electron chi connectivity index (χ0n) is 13.8. The number of hydrazone groups is 1. The Hall–Kier alpha value is -3.02. The number of phenolic OH excluding ortho intramolecular Hbond substituents is 2. The van der Waals surface area contributed by atoms with E-state index in [2.05, 4.69) is 10.5 Å². The molecule has 0 saturated heterocycles. The van der Waals surface area contributed by atoms with Gasteiger partial charge in [0.1, 0.15) is 17.2 Å². The second-order valence-electron chi connectivity index (χ2n) is 5.55. The first-order valence-electron chi connectivity index (χ1n) is 7.41. The van der Waals surface area contributed by atoms with Crippen LogP contribution in [0.3, 0.4) is 0 Å². The topological polar surface area (TPSA) is 91.2 Å². The van der Waals surface area contributed by atoms with Crippen LogP contribution in [0.25, 0.3) is 0 Å². The molecule has 0 atom stereocenters. The Morgan fingerprint density at radius 1 is 1.17 bits per heavy atom. The highest BCUT2D eigenvalue weighted by molar-refractivity contribution is 5.87. The Morgan fingerprint density at radius 2 is 1.92 bits per heavy atom. The van der Waals surface area contributed by atoms with Crippen molar-refractivity contribution in [3.63, 3.8) is 0 Å². The Labute approximate surface area is 140 Å². The summed E-state index contributed by atoms with van der Waals surface area (Å²) in [5, 5.41) is 22.9. The molecule has 0 unspecified atom stereocenters. The molecule has 2 rings (SSSR count). The molecule has 2 aromatic carbocycles. The first-order chi connectivity index (χ1) is 11.4. The molecule has 2 aromatic rings. The van der Waals surface area contributed by atoms with Crippen molar-refractivity contribution < 1.29 is 19.7 Å². The van der Waals surface area contributed by atoms with Crippen molar-refractivity contribution in [2.75, 3.05) is 6.61 Å². The quantitative estimate of drug-likeness (QED) is 0.581. The van der Waals surface area contributed by atoms with Crippen LogP contribution < -0.4 is 10.2 Å². The lowest BCUT2D eigenvalue weighted by Gasteiger charge is -2.08. The fourth-order valence-electron chi connectivity index (χ4n) is 2.23. The molecule has 0 aliphatic rings. The van der Waals surface area contributed by atoms with Crippen LogP contribution >= 0.6 is 0 Å². The third-order valence-corrected chi connectivity index (χ3v) is 3.42. The van der Waals surface area contributed by atoms with Crippen LogP contribution in [0.1, 0.15) is 22.3 Å². The van der Waals surface area contributed by atoms with Crippen LogP contribution in [-0.2, 0) is 4.79 Å². The number of hydrogen-bond donors (Lipinski definition) is 3. The van der Waals surface area contributed by atoms with Gasteiger partial charge in [0, 0.05) is 11.6 Å². The second kappa shape index (κ2) is 7.50. The average molecular weight is 328 g/mol. The standard InChI is InChI=1S/C18H20N2O4/c1-11-4-5-17(13(3)6-11)24-10-18(23)20-19-9-15-12(2)7-14(21)8-16(15)22/h4-9,21-22H,10H2,1-3H3,(H,20,23)/b19-9+. The first kappa shape index (κ1) is 17.3. The first-order valence-corrected chi connectivity index (χ1v) is 7.41. The number of ether oxygens (including phenoxy) is 1. The maximum atomic E-state index is 11.8. The lowest BCUT2D eigenvalue weighted by atomic mass is 10.1. The van der Waals surface area contributed by atoms with Gasteiger partial charge in [0.05, 0.1) is 6.21 Å².